The third-order valence-electron chi connectivity index (χ3n) is 5.39. The van der Waals surface area contributed by atoms with Gasteiger partial charge < -0.3 is 24.3 Å². The lowest BCUT2D eigenvalue weighted by Crippen LogP contribution is -2.41. The number of imide groups is 1. The molecule has 0 radical (unpaired) electrons. The van der Waals surface area contributed by atoms with E-state index in [4.69, 9.17) is 18.9 Å². The number of benzene rings is 2. The highest BCUT2D eigenvalue weighted by Crippen LogP contribution is 2.37. The van der Waals surface area contributed by atoms with E-state index in [-0.39, 0.29) is 19.1 Å². The van der Waals surface area contributed by atoms with Crippen molar-refractivity contribution in [1.82, 2.24) is 10.2 Å². The summed E-state index contributed by atoms with van der Waals surface area (Å²) >= 11 is 0. The van der Waals surface area contributed by atoms with Crippen LogP contribution in [0.4, 0.5) is 4.79 Å². The van der Waals surface area contributed by atoms with Gasteiger partial charge in [-0.05, 0) is 42.8 Å². The average Bonchev–Trinajstić information content (AvgIpc) is 3.31. The predicted molar refractivity (Wildman–Crippen MR) is 102 cm³/mol. The van der Waals surface area contributed by atoms with E-state index >= 15 is 0 Å². The van der Waals surface area contributed by atoms with Crippen LogP contribution in [0.1, 0.15) is 22.8 Å². The second-order valence-corrected chi connectivity index (χ2v) is 7.30. The zero-order valence-electron chi connectivity index (χ0n) is 16.1. The lowest BCUT2D eigenvalue weighted by atomic mass is 9.91. The number of nitrogens with zero attached hydrogens (tertiary/aromatic N) is 1. The van der Waals surface area contributed by atoms with Crippen LogP contribution in [-0.4, -0.2) is 49.2 Å². The number of urea groups is 1. The van der Waals surface area contributed by atoms with E-state index in [2.05, 4.69) is 5.32 Å². The maximum atomic E-state index is 13.1. The number of hydrogen-bond donors (Lipinski definition) is 1. The van der Waals surface area contributed by atoms with Crippen LogP contribution < -0.4 is 24.3 Å². The van der Waals surface area contributed by atoms with Gasteiger partial charge in [0.25, 0.3) is 5.91 Å². The van der Waals surface area contributed by atoms with Crippen LogP contribution in [0.5, 0.6) is 23.0 Å². The number of carbonyl (C=O) groups is 3. The second-order valence-electron chi connectivity index (χ2n) is 7.30. The zero-order valence-corrected chi connectivity index (χ0v) is 16.1. The van der Waals surface area contributed by atoms with E-state index in [1.807, 2.05) is 0 Å². The first-order chi connectivity index (χ1) is 14.5. The Labute approximate surface area is 171 Å². The van der Waals surface area contributed by atoms with Gasteiger partial charge in [-0.1, -0.05) is 6.07 Å². The van der Waals surface area contributed by atoms with Crippen molar-refractivity contribution in [1.29, 1.82) is 0 Å². The van der Waals surface area contributed by atoms with E-state index in [0.717, 1.165) is 4.90 Å². The van der Waals surface area contributed by atoms with E-state index in [9.17, 15) is 14.4 Å². The average molecular weight is 410 g/mol. The molecule has 0 spiro atoms. The molecular formula is C21H18N2O7. The lowest BCUT2D eigenvalue weighted by molar-refractivity contribution is -0.130. The molecule has 0 aromatic heterocycles. The molecule has 1 unspecified atom stereocenters. The summed E-state index contributed by atoms with van der Waals surface area (Å²) in [7, 11) is 0. The molecular weight excluding hydrogens is 392 g/mol. The molecule has 1 saturated heterocycles. The van der Waals surface area contributed by atoms with Crippen molar-refractivity contribution in [2.45, 2.75) is 12.5 Å². The van der Waals surface area contributed by atoms with Gasteiger partial charge >= 0.3 is 6.03 Å². The number of ether oxygens (including phenoxy) is 4. The van der Waals surface area contributed by atoms with E-state index < -0.39 is 17.5 Å². The van der Waals surface area contributed by atoms with Crippen LogP contribution in [0.15, 0.2) is 36.4 Å². The molecule has 0 aliphatic carbocycles. The number of Topliss-reactive ketones (excluding diaryl/α,β-unsaturated/α-hetero) is 1. The normalized spacial score (nSPS) is 21.6. The van der Waals surface area contributed by atoms with Gasteiger partial charge in [-0.25, -0.2) is 4.79 Å². The van der Waals surface area contributed by atoms with Crippen molar-refractivity contribution in [2.75, 3.05) is 26.6 Å². The van der Waals surface area contributed by atoms with Gasteiger partial charge in [0.15, 0.2) is 28.8 Å². The van der Waals surface area contributed by atoms with Gasteiger partial charge in [0.05, 0.1) is 6.54 Å². The molecule has 154 valence electrons. The van der Waals surface area contributed by atoms with E-state index in [1.165, 1.54) is 0 Å². The van der Waals surface area contributed by atoms with Gasteiger partial charge in [-0.2, -0.15) is 0 Å². The molecule has 3 aliphatic rings. The third-order valence-corrected chi connectivity index (χ3v) is 5.39. The standard InChI is InChI=1S/C21H18N2O7/c1-21(13-3-5-15-18(9-13)28-7-6-27-15)19(25)23(20(26)22-21)10-14(24)12-2-4-16-17(8-12)30-11-29-16/h2-5,8-9H,6-7,10-11H2,1H3,(H,22,26). The van der Waals surface area contributed by atoms with Gasteiger partial charge in [-0.3, -0.25) is 14.5 Å². The highest BCUT2D eigenvalue weighted by atomic mass is 16.7. The van der Waals surface area contributed by atoms with Crippen molar-refractivity contribution in [3.63, 3.8) is 0 Å². The van der Waals surface area contributed by atoms with Gasteiger partial charge in [0, 0.05) is 5.56 Å². The first kappa shape index (κ1) is 18.3. The minimum atomic E-state index is -1.32. The lowest BCUT2D eigenvalue weighted by Gasteiger charge is -2.25. The Bertz CT molecular complexity index is 1080. The Morgan fingerprint density at radius 2 is 1.63 bits per heavy atom. The Morgan fingerprint density at radius 3 is 2.47 bits per heavy atom. The Morgan fingerprint density at radius 1 is 0.967 bits per heavy atom. The third kappa shape index (κ3) is 2.81. The summed E-state index contributed by atoms with van der Waals surface area (Å²) in [5, 5.41) is 2.70. The van der Waals surface area contributed by atoms with Crippen LogP contribution in [-0.2, 0) is 10.3 Å². The topological polar surface area (TPSA) is 103 Å². The van der Waals surface area contributed by atoms with E-state index in [1.54, 1.807) is 43.3 Å². The molecule has 0 saturated carbocycles. The summed E-state index contributed by atoms with van der Waals surface area (Å²) in [5.74, 6) is 1.20. The zero-order chi connectivity index (χ0) is 20.9. The number of ketones is 1. The van der Waals surface area contributed by atoms with E-state index in [0.29, 0.717) is 47.3 Å². The summed E-state index contributed by atoms with van der Waals surface area (Å²) in [6, 6.07) is 9.20. The monoisotopic (exact) mass is 410 g/mol. The molecule has 3 amide bonds. The van der Waals surface area contributed by atoms with Gasteiger partial charge in [0.2, 0.25) is 6.79 Å². The highest BCUT2D eigenvalue weighted by molar-refractivity contribution is 6.11. The van der Waals surface area contributed by atoms with Crippen molar-refractivity contribution in [3.8, 4) is 23.0 Å². The summed E-state index contributed by atoms with van der Waals surface area (Å²) in [5.41, 5.74) is -0.446. The number of hydrogen-bond acceptors (Lipinski definition) is 7. The summed E-state index contributed by atoms with van der Waals surface area (Å²) in [4.78, 5) is 39.3. The molecule has 9 heteroatoms. The van der Waals surface area contributed by atoms with Crippen LogP contribution in [0.3, 0.4) is 0 Å². The number of nitrogens with one attached hydrogen (secondary N) is 1. The molecule has 3 heterocycles. The van der Waals surface area contributed by atoms with Crippen LogP contribution >= 0.6 is 0 Å². The van der Waals surface area contributed by atoms with Crippen molar-refractivity contribution < 1.29 is 33.3 Å². The molecule has 1 fully saturated rings. The molecule has 2 aromatic rings. The quantitative estimate of drug-likeness (QED) is 0.606. The Balaban J connectivity index is 1.38. The Hall–Kier alpha value is -3.75. The van der Waals surface area contributed by atoms with Gasteiger partial charge in [0.1, 0.15) is 18.8 Å². The first-order valence-electron chi connectivity index (χ1n) is 9.43. The summed E-state index contributed by atoms with van der Waals surface area (Å²) in [6.45, 7) is 2.17. The van der Waals surface area contributed by atoms with Crippen molar-refractivity contribution >= 4 is 17.7 Å². The van der Waals surface area contributed by atoms with Crippen molar-refractivity contribution in [3.05, 3.63) is 47.5 Å². The first-order valence-corrected chi connectivity index (χ1v) is 9.43. The molecule has 0 bridgehead atoms. The molecule has 9 nitrogen and oxygen atoms in total. The molecule has 5 rings (SSSR count). The number of carbonyl (C=O) groups excluding carboxylic acids is 3. The highest BCUT2D eigenvalue weighted by Gasteiger charge is 2.49. The fourth-order valence-corrected chi connectivity index (χ4v) is 3.70. The summed E-state index contributed by atoms with van der Waals surface area (Å²) in [6.07, 6.45) is 0. The molecule has 1 N–H and O–H groups in total. The van der Waals surface area contributed by atoms with Crippen LogP contribution in [0, 0.1) is 0 Å². The SMILES string of the molecule is CC1(c2ccc3c(c2)OCCO3)NC(=O)N(CC(=O)c2ccc3c(c2)OCO3)C1=O. The van der Waals surface area contributed by atoms with Crippen molar-refractivity contribution in [2.24, 2.45) is 0 Å². The fourth-order valence-electron chi connectivity index (χ4n) is 3.70. The molecule has 3 aliphatic heterocycles. The molecule has 1 atom stereocenters. The maximum absolute atomic E-state index is 13.1. The summed E-state index contributed by atoms with van der Waals surface area (Å²) < 4.78 is 21.6. The molecule has 30 heavy (non-hydrogen) atoms. The minimum Gasteiger partial charge on any atom is -0.486 e. The van der Waals surface area contributed by atoms with Crippen LogP contribution in [0.2, 0.25) is 0 Å². The Kier molecular flexibility index (Phi) is 4.05. The minimum absolute atomic E-state index is 0.0912. The number of rotatable bonds is 4. The number of amides is 3. The van der Waals surface area contributed by atoms with Crippen LogP contribution in [0.25, 0.3) is 0 Å². The predicted octanol–water partition coefficient (Wildman–Crippen LogP) is 1.84. The largest absolute Gasteiger partial charge is 0.486 e. The second kappa shape index (κ2) is 6.65. The molecule has 2 aromatic carbocycles. The number of fused-ring (bicyclic) bond motifs is 2. The smallest absolute Gasteiger partial charge is 0.325 e. The fraction of sp³-hybridized carbons (Fsp3) is 0.286. The van der Waals surface area contributed by atoms with Gasteiger partial charge in [-0.15, -0.1) is 0 Å². The maximum Gasteiger partial charge on any atom is 0.325 e.